The Bertz CT molecular complexity index is 1210. The van der Waals surface area contributed by atoms with Gasteiger partial charge in [0.25, 0.3) is 5.91 Å². The Morgan fingerprint density at radius 1 is 0.969 bits per heavy atom. The van der Waals surface area contributed by atoms with Gasteiger partial charge in [0.2, 0.25) is 0 Å². The van der Waals surface area contributed by atoms with Gasteiger partial charge < -0.3 is 10.2 Å². The number of pyridine rings is 1. The largest absolute Gasteiger partial charge is 0.371 e. The molecule has 0 atom stereocenters. The van der Waals surface area contributed by atoms with E-state index < -0.39 is 0 Å². The number of hydrogen-bond donors (Lipinski definition) is 1. The molecule has 0 spiro atoms. The van der Waals surface area contributed by atoms with E-state index in [4.69, 9.17) is 0 Å². The fourth-order valence-electron chi connectivity index (χ4n) is 4.69. The molecule has 0 bridgehead atoms. The number of hydrogen-bond acceptors (Lipinski definition) is 3. The number of nitrogens with zero attached hydrogens (tertiary/aromatic N) is 3. The van der Waals surface area contributed by atoms with E-state index in [0.29, 0.717) is 18.0 Å². The number of benzene rings is 2. The Labute approximate surface area is 188 Å². The van der Waals surface area contributed by atoms with Crippen molar-refractivity contribution in [2.45, 2.75) is 32.2 Å². The molecule has 1 N–H and O–H groups in total. The summed E-state index contributed by atoms with van der Waals surface area (Å²) in [6.45, 7) is 4.56. The van der Waals surface area contributed by atoms with Gasteiger partial charge in [0.05, 0.1) is 16.8 Å². The van der Waals surface area contributed by atoms with E-state index in [1.807, 2.05) is 31.3 Å². The molecule has 1 aliphatic rings. The third kappa shape index (κ3) is 4.11. The molecule has 2 aromatic heterocycles. The summed E-state index contributed by atoms with van der Waals surface area (Å²) in [7, 11) is 0. The van der Waals surface area contributed by atoms with Crippen LogP contribution in [-0.2, 0) is 6.54 Å². The van der Waals surface area contributed by atoms with Gasteiger partial charge in [-0.05, 0) is 61.1 Å². The Kier molecular flexibility index (Phi) is 5.63. The predicted molar refractivity (Wildman–Crippen MR) is 128 cm³/mol. The predicted octanol–water partition coefficient (Wildman–Crippen LogP) is 4.96. The zero-order valence-corrected chi connectivity index (χ0v) is 18.4. The highest BCUT2D eigenvalue weighted by Gasteiger charge is 2.21. The lowest BCUT2D eigenvalue weighted by molar-refractivity contribution is 0.0952. The van der Waals surface area contributed by atoms with Gasteiger partial charge in [-0.3, -0.25) is 4.79 Å². The molecule has 0 saturated carbocycles. The number of fused-ring (bicyclic) bond motifs is 1. The van der Waals surface area contributed by atoms with Crippen molar-refractivity contribution in [3.05, 3.63) is 101 Å². The molecule has 1 aliphatic heterocycles. The van der Waals surface area contributed by atoms with Crippen LogP contribution in [-0.4, -0.2) is 28.6 Å². The highest BCUT2D eigenvalue weighted by atomic mass is 16.1. The first-order chi connectivity index (χ1) is 15.7. The lowest BCUT2D eigenvalue weighted by atomic mass is 9.89. The van der Waals surface area contributed by atoms with E-state index in [1.54, 1.807) is 4.52 Å². The van der Waals surface area contributed by atoms with Gasteiger partial charge in [0.1, 0.15) is 0 Å². The number of carbonyl (C=O) groups is 1. The summed E-state index contributed by atoms with van der Waals surface area (Å²) in [5, 5.41) is 7.49. The van der Waals surface area contributed by atoms with Crippen molar-refractivity contribution in [3.63, 3.8) is 0 Å². The molecule has 5 heteroatoms. The fraction of sp³-hybridized carbons (Fsp3) is 0.259. The average molecular weight is 425 g/mol. The van der Waals surface area contributed by atoms with Gasteiger partial charge >= 0.3 is 0 Å². The molecule has 2 aromatic carbocycles. The van der Waals surface area contributed by atoms with Crippen LogP contribution in [0.4, 0.5) is 5.69 Å². The Hall–Kier alpha value is -3.60. The van der Waals surface area contributed by atoms with Crippen LogP contribution in [0.5, 0.6) is 0 Å². The molecule has 5 nitrogen and oxygen atoms in total. The van der Waals surface area contributed by atoms with E-state index >= 15 is 0 Å². The van der Waals surface area contributed by atoms with Gasteiger partial charge in [-0.25, -0.2) is 4.52 Å². The van der Waals surface area contributed by atoms with Crippen molar-refractivity contribution in [1.82, 2.24) is 14.9 Å². The molecule has 162 valence electrons. The molecule has 0 radical (unpaired) electrons. The van der Waals surface area contributed by atoms with Gasteiger partial charge in [-0.15, -0.1) is 0 Å². The third-order valence-corrected chi connectivity index (χ3v) is 6.46. The van der Waals surface area contributed by atoms with Crippen molar-refractivity contribution >= 4 is 17.1 Å². The number of piperidine rings is 1. The molecule has 1 saturated heterocycles. The standard InChI is InChI=1S/C27H28N4O/c1-20-26(25-9-5-6-16-31(25)29-20)27(32)28-19-21-10-12-22(13-11-21)23-14-17-30(18-15-23)24-7-3-2-4-8-24/h2-13,16,23H,14-15,17-19H2,1H3,(H,28,32). The number of anilines is 1. The van der Waals surface area contributed by atoms with E-state index in [1.165, 1.54) is 24.1 Å². The summed E-state index contributed by atoms with van der Waals surface area (Å²) in [5.74, 6) is 0.515. The number of carbonyl (C=O) groups excluding carboxylic acids is 1. The molecule has 32 heavy (non-hydrogen) atoms. The highest BCUT2D eigenvalue weighted by Crippen LogP contribution is 2.30. The van der Waals surface area contributed by atoms with Crippen LogP contribution in [0.15, 0.2) is 79.0 Å². The second kappa shape index (κ2) is 8.87. The number of amides is 1. The molecule has 0 unspecified atom stereocenters. The summed E-state index contributed by atoms with van der Waals surface area (Å²) >= 11 is 0. The monoisotopic (exact) mass is 424 g/mol. The number of nitrogens with one attached hydrogen (secondary N) is 1. The summed E-state index contributed by atoms with van der Waals surface area (Å²) in [6.07, 6.45) is 4.19. The summed E-state index contributed by atoms with van der Waals surface area (Å²) < 4.78 is 1.75. The summed E-state index contributed by atoms with van der Waals surface area (Å²) in [4.78, 5) is 15.3. The molecular weight excluding hydrogens is 396 g/mol. The molecule has 1 fully saturated rings. The molecule has 0 aliphatic carbocycles. The maximum absolute atomic E-state index is 12.8. The first-order valence-corrected chi connectivity index (χ1v) is 11.3. The van der Waals surface area contributed by atoms with E-state index in [0.717, 1.165) is 29.9 Å². The normalized spacial score (nSPS) is 14.6. The first kappa shape index (κ1) is 20.3. The van der Waals surface area contributed by atoms with Crippen LogP contribution >= 0.6 is 0 Å². The van der Waals surface area contributed by atoms with Crippen molar-refractivity contribution in [1.29, 1.82) is 0 Å². The Balaban J connectivity index is 1.18. The van der Waals surface area contributed by atoms with Gasteiger partial charge in [-0.1, -0.05) is 48.5 Å². The minimum Gasteiger partial charge on any atom is -0.371 e. The minimum absolute atomic E-state index is 0.0824. The van der Waals surface area contributed by atoms with Crippen molar-refractivity contribution in [2.75, 3.05) is 18.0 Å². The quantitative estimate of drug-likeness (QED) is 0.493. The van der Waals surface area contributed by atoms with Crippen LogP contribution in [0.2, 0.25) is 0 Å². The zero-order chi connectivity index (χ0) is 21.9. The van der Waals surface area contributed by atoms with E-state index in [2.05, 4.69) is 69.9 Å². The smallest absolute Gasteiger partial charge is 0.255 e. The topological polar surface area (TPSA) is 49.6 Å². The molecule has 3 heterocycles. The van der Waals surface area contributed by atoms with Crippen molar-refractivity contribution in [2.24, 2.45) is 0 Å². The fourth-order valence-corrected chi connectivity index (χ4v) is 4.69. The number of aryl methyl sites for hydroxylation is 1. The summed E-state index contributed by atoms with van der Waals surface area (Å²) in [5.41, 5.74) is 6.04. The SMILES string of the molecule is Cc1nn2ccccc2c1C(=O)NCc1ccc(C2CCN(c3ccccc3)CC2)cc1. The lowest BCUT2D eigenvalue weighted by Crippen LogP contribution is -2.32. The highest BCUT2D eigenvalue weighted by molar-refractivity contribution is 6.01. The lowest BCUT2D eigenvalue weighted by Gasteiger charge is -2.34. The molecule has 4 aromatic rings. The maximum atomic E-state index is 12.8. The van der Waals surface area contributed by atoms with E-state index in [-0.39, 0.29) is 5.91 Å². The van der Waals surface area contributed by atoms with Crippen LogP contribution in [0, 0.1) is 6.92 Å². The third-order valence-electron chi connectivity index (χ3n) is 6.46. The molecule has 1 amide bonds. The Morgan fingerprint density at radius 3 is 2.44 bits per heavy atom. The second-order valence-electron chi connectivity index (χ2n) is 8.51. The average Bonchev–Trinajstić information content (AvgIpc) is 3.19. The maximum Gasteiger partial charge on any atom is 0.255 e. The number of para-hydroxylation sites is 1. The van der Waals surface area contributed by atoms with Crippen LogP contribution in [0.25, 0.3) is 5.52 Å². The van der Waals surface area contributed by atoms with Crippen molar-refractivity contribution in [3.8, 4) is 0 Å². The van der Waals surface area contributed by atoms with Gasteiger partial charge in [-0.2, -0.15) is 5.10 Å². The number of rotatable bonds is 5. The molecular formula is C27H28N4O. The second-order valence-corrected chi connectivity index (χ2v) is 8.51. The Morgan fingerprint density at radius 2 is 1.69 bits per heavy atom. The summed E-state index contributed by atoms with van der Waals surface area (Å²) in [6, 6.07) is 25.2. The van der Waals surface area contributed by atoms with Gasteiger partial charge in [0.15, 0.2) is 0 Å². The van der Waals surface area contributed by atoms with Crippen LogP contribution < -0.4 is 10.2 Å². The zero-order valence-electron chi connectivity index (χ0n) is 18.4. The van der Waals surface area contributed by atoms with Crippen LogP contribution in [0.1, 0.15) is 45.9 Å². The first-order valence-electron chi connectivity index (χ1n) is 11.3. The minimum atomic E-state index is -0.0824. The van der Waals surface area contributed by atoms with E-state index in [9.17, 15) is 4.79 Å². The number of aromatic nitrogens is 2. The molecule has 5 rings (SSSR count). The van der Waals surface area contributed by atoms with Gasteiger partial charge in [0, 0.05) is 31.5 Å². The van der Waals surface area contributed by atoms with Crippen molar-refractivity contribution < 1.29 is 4.79 Å². The van der Waals surface area contributed by atoms with Crippen LogP contribution in [0.3, 0.4) is 0 Å².